The van der Waals surface area contributed by atoms with E-state index >= 15 is 0 Å². The van der Waals surface area contributed by atoms with Crippen molar-refractivity contribution in [2.24, 2.45) is 17.8 Å². The number of carbonyl (C=O) groups is 3. The largest absolute Gasteiger partial charge is 0.461 e. The molecular weight excluding hydrogens is 340 g/mol. The van der Waals surface area contributed by atoms with E-state index in [1.165, 1.54) is 13.8 Å². The van der Waals surface area contributed by atoms with Crippen molar-refractivity contribution in [3.63, 3.8) is 0 Å². The van der Waals surface area contributed by atoms with Crippen molar-refractivity contribution in [1.82, 2.24) is 0 Å². The lowest BCUT2D eigenvalue weighted by Crippen LogP contribution is -2.48. The van der Waals surface area contributed by atoms with E-state index in [2.05, 4.69) is 0 Å². The van der Waals surface area contributed by atoms with Crippen LogP contribution in [-0.4, -0.2) is 46.9 Å². The Hall–Kier alpha value is -2.15. The van der Waals surface area contributed by atoms with Gasteiger partial charge in [-0.3, -0.25) is 14.4 Å². The monoisotopic (exact) mass is 364 g/mol. The number of rotatable bonds is 2. The average Bonchev–Trinajstić information content (AvgIpc) is 2.95. The molecule has 0 amide bonds. The van der Waals surface area contributed by atoms with E-state index in [1.54, 1.807) is 32.9 Å². The molecule has 0 aromatic rings. The number of hydrogen-bond acceptors (Lipinski definition) is 7. The van der Waals surface area contributed by atoms with Gasteiger partial charge in [-0.15, -0.1) is 0 Å². The fourth-order valence-electron chi connectivity index (χ4n) is 4.47. The molecule has 1 saturated heterocycles. The summed E-state index contributed by atoms with van der Waals surface area (Å²) < 4.78 is 16.6. The van der Waals surface area contributed by atoms with Gasteiger partial charge in [-0.1, -0.05) is 19.1 Å². The number of fused-ring (bicyclic) bond motifs is 2. The van der Waals surface area contributed by atoms with Crippen LogP contribution in [0.2, 0.25) is 0 Å². The number of aliphatic hydroxyl groups is 1. The predicted molar refractivity (Wildman–Crippen MR) is 89.6 cm³/mol. The number of hydrogen-bond donors (Lipinski definition) is 1. The van der Waals surface area contributed by atoms with Crippen molar-refractivity contribution in [1.29, 1.82) is 0 Å². The minimum Gasteiger partial charge on any atom is -0.461 e. The molecule has 7 nitrogen and oxygen atoms in total. The van der Waals surface area contributed by atoms with Gasteiger partial charge in [0.2, 0.25) is 0 Å². The first kappa shape index (κ1) is 18.6. The van der Waals surface area contributed by atoms with Crippen molar-refractivity contribution in [2.75, 3.05) is 0 Å². The van der Waals surface area contributed by atoms with E-state index in [0.29, 0.717) is 5.57 Å². The molecule has 0 spiro atoms. The van der Waals surface area contributed by atoms with Crippen molar-refractivity contribution in [2.45, 2.75) is 58.5 Å². The Labute approximate surface area is 152 Å². The van der Waals surface area contributed by atoms with Crippen LogP contribution in [0, 0.1) is 17.8 Å². The predicted octanol–water partition coefficient (Wildman–Crippen LogP) is 1.29. The maximum absolute atomic E-state index is 12.3. The van der Waals surface area contributed by atoms with Crippen molar-refractivity contribution < 1.29 is 33.7 Å². The quantitative estimate of drug-likeness (QED) is 0.582. The molecule has 1 aliphatic heterocycles. The minimum atomic E-state index is -1.27. The molecular formula is C19H24O7. The van der Waals surface area contributed by atoms with Crippen LogP contribution in [0.25, 0.3) is 0 Å². The van der Waals surface area contributed by atoms with Gasteiger partial charge < -0.3 is 19.3 Å². The second-order valence-electron chi connectivity index (χ2n) is 7.55. The molecule has 0 saturated carbocycles. The highest BCUT2D eigenvalue weighted by Gasteiger charge is 2.60. The standard InChI is InChI=1S/C19H24O7/c1-8-12-6-7-19(5,23)14(12)16(25-11(4)21)13-9(2)18(22)26-17(13)15(8)24-10(3)20/h6-7,9,13-17,23H,1-5H3. The van der Waals surface area contributed by atoms with Crippen LogP contribution in [0.4, 0.5) is 0 Å². The van der Waals surface area contributed by atoms with E-state index in [0.717, 1.165) is 5.57 Å². The van der Waals surface area contributed by atoms with Crippen LogP contribution in [0.5, 0.6) is 0 Å². The maximum Gasteiger partial charge on any atom is 0.309 e. The van der Waals surface area contributed by atoms with E-state index in [-0.39, 0.29) is 0 Å². The van der Waals surface area contributed by atoms with Crippen molar-refractivity contribution in [3.05, 3.63) is 23.3 Å². The van der Waals surface area contributed by atoms with Gasteiger partial charge in [-0.25, -0.2) is 0 Å². The van der Waals surface area contributed by atoms with E-state index < -0.39 is 59.6 Å². The van der Waals surface area contributed by atoms with Gasteiger partial charge in [0.05, 0.1) is 23.4 Å². The molecule has 7 atom stereocenters. The zero-order valence-corrected chi connectivity index (χ0v) is 15.5. The molecule has 7 unspecified atom stereocenters. The first-order valence-electron chi connectivity index (χ1n) is 8.71. The third-order valence-corrected chi connectivity index (χ3v) is 5.63. The lowest BCUT2D eigenvalue weighted by Gasteiger charge is -2.36. The second kappa shape index (κ2) is 6.23. The Kier molecular flexibility index (Phi) is 4.46. The van der Waals surface area contributed by atoms with Gasteiger partial charge in [-0.2, -0.15) is 0 Å². The Morgan fingerprint density at radius 2 is 1.85 bits per heavy atom. The summed E-state index contributed by atoms with van der Waals surface area (Å²) >= 11 is 0. The number of carbonyl (C=O) groups excluding carboxylic acids is 3. The first-order chi connectivity index (χ1) is 12.0. The third-order valence-electron chi connectivity index (χ3n) is 5.63. The third kappa shape index (κ3) is 2.84. The highest BCUT2D eigenvalue weighted by molar-refractivity contribution is 5.76. The van der Waals surface area contributed by atoms with Gasteiger partial charge >= 0.3 is 17.9 Å². The van der Waals surface area contributed by atoms with Crippen LogP contribution >= 0.6 is 0 Å². The summed E-state index contributed by atoms with van der Waals surface area (Å²) in [5.74, 6) is -3.12. The Morgan fingerprint density at radius 3 is 2.42 bits per heavy atom. The van der Waals surface area contributed by atoms with Crippen molar-refractivity contribution >= 4 is 17.9 Å². The molecule has 0 bridgehead atoms. The number of esters is 3. The smallest absolute Gasteiger partial charge is 0.309 e. The fraction of sp³-hybridized carbons (Fsp3) is 0.632. The van der Waals surface area contributed by atoms with Crippen LogP contribution in [0.3, 0.4) is 0 Å². The summed E-state index contributed by atoms with van der Waals surface area (Å²) in [6.45, 7) is 7.70. The molecule has 7 heteroatoms. The Bertz CT molecular complexity index is 717. The SMILES string of the molecule is CC(=O)OC1C(C)=C2C=CC(C)(O)C2C(OC(C)=O)C2C(C)C(=O)OC12. The molecule has 26 heavy (non-hydrogen) atoms. The maximum atomic E-state index is 12.3. The van der Waals surface area contributed by atoms with E-state index in [4.69, 9.17) is 14.2 Å². The van der Waals surface area contributed by atoms with Gasteiger partial charge in [0.25, 0.3) is 0 Å². The summed E-state index contributed by atoms with van der Waals surface area (Å²) in [6, 6.07) is 0. The first-order valence-corrected chi connectivity index (χ1v) is 8.71. The van der Waals surface area contributed by atoms with Crippen LogP contribution in [-0.2, 0) is 28.6 Å². The highest BCUT2D eigenvalue weighted by atomic mass is 16.6. The van der Waals surface area contributed by atoms with Gasteiger partial charge in [0.1, 0.15) is 12.2 Å². The lowest BCUT2D eigenvalue weighted by atomic mass is 9.75. The minimum absolute atomic E-state index is 0.434. The summed E-state index contributed by atoms with van der Waals surface area (Å²) in [4.78, 5) is 35.7. The average molecular weight is 364 g/mol. The zero-order chi connectivity index (χ0) is 19.4. The van der Waals surface area contributed by atoms with Crippen LogP contribution in [0.15, 0.2) is 23.3 Å². The molecule has 0 aromatic carbocycles. The molecule has 1 N–H and O–H groups in total. The molecule has 3 aliphatic rings. The van der Waals surface area contributed by atoms with Crippen molar-refractivity contribution in [3.8, 4) is 0 Å². The highest BCUT2D eigenvalue weighted by Crippen LogP contribution is 2.50. The van der Waals surface area contributed by atoms with Gasteiger partial charge in [0.15, 0.2) is 6.10 Å². The number of allylic oxidation sites excluding steroid dienone is 1. The zero-order valence-electron chi connectivity index (χ0n) is 15.5. The van der Waals surface area contributed by atoms with Crippen LogP contribution in [0.1, 0.15) is 34.6 Å². The molecule has 1 fully saturated rings. The van der Waals surface area contributed by atoms with Gasteiger partial charge in [-0.05, 0) is 25.0 Å². The van der Waals surface area contributed by atoms with Gasteiger partial charge in [0, 0.05) is 13.8 Å². The molecule has 0 aromatic heterocycles. The molecule has 2 aliphatic carbocycles. The molecule has 142 valence electrons. The lowest BCUT2D eigenvalue weighted by molar-refractivity contribution is -0.165. The molecule has 1 heterocycles. The summed E-state index contributed by atoms with van der Waals surface area (Å²) in [5.41, 5.74) is 0.161. The Balaban J connectivity index is 2.18. The molecule has 3 rings (SSSR count). The summed E-state index contributed by atoms with van der Waals surface area (Å²) in [5, 5.41) is 10.9. The fourth-order valence-corrected chi connectivity index (χ4v) is 4.47. The van der Waals surface area contributed by atoms with Crippen LogP contribution < -0.4 is 0 Å². The Morgan fingerprint density at radius 1 is 1.23 bits per heavy atom. The summed E-state index contributed by atoms with van der Waals surface area (Å²) in [6.07, 6.45) is 1.06. The summed E-state index contributed by atoms with van der Waals surface area (Å²) in [7, 11) is 0. The number of ether oxygens (including phenoxy) is 3. The second-order valence-corrected chi connectivity index (χ2v) is 7.55. The van der Waals surface area contributed by atoms with E-state index in [1.807, 2.05) is 0 Å². The normalized spacial score (nSPS) is 41.2. The molecule has 0 radical (unpaired) electrons. The van der Waals surface area contributed by atoms with E-state index in [9.17, 15) is 19.5 Å². The topological polar surface area (TPSA) is 99.1 Å².